The molecule has 0 saturated heterocycles. The second-order valence-corrected chi connectivity index (χ2v) is 23.6. The molecule has 2 aromatic heterocycles. The minimum absolute atomic E-state index is 0.0156. The SMILES string of the molecule is CC1(C)c2ccccc2N(c2ccccc2)c2c(-c3c(C#N)c(-n4c5ccccc5c5ccc(C(F)(F)F)cc54)c(-n4c5ccccc5c5ccc(C(F)(F)F)cc54)c(C#N)c3-c3cccc4c3N(c3ccccc3)c3ccccc3C4(C)C)cccc21. The zero-order valence-corrected chi connectivity index (χ0v) is 47.9. The van der Waals surface area contributed by atoms with Crippen LogP contribution in [-0.4, -0.2) is 9.13 Å². The fourth-order valence-electron chi connectivity index (χ4n) is 14.3. The molecule has 0 spiro atoms. The highest BCUT2D eigenvalue weighted by molar-refractivity contribution is 6.15. The van der Waals surface area contributed by atoms with Crippen molar-refractivity contribution in [3.8, 4) is 45.8 Å². The minimum atomic E-state index is -4.83. The lowest BCUT2D eigenvalue weighted by molar-refractivity contribution is -0.138. The Morgan fingerprint density at radius 2 is 0.682 bits per heavy atom. The lowest BCUT2D eigenvalue weighted by Crippen LogP contribution is -2.31. The fraction of sp³-hybridized carbons (Fsp3) is 0.105. The summed E-state index contributed by atoms with van der Waals surface area (Å²) in [6.45, 7) is 8.60. The molecule has 0 fully saturated rings. The van der Waals surface area contributed by atoms with Crippen LogP contribution in [-0.2, 0) is 23.2 Å². The van der Waals surface area contributed by atoms with Crippen molar-refractivity contribution in [3.05, 3.63) is 275 Å². The molecule has 2 aliphatic heterocycles. The number of para-hydroxylation sites is 8. The Hall–Kier alpha value is -10.8. The second-order valence-electron chi connectivity index (χ2n) is 23.6. The van der Waals surface area contributed by atoms with E-state index in [1.165, 1.54) is 12.1 Å². The summed E-state index contributed by atoms with van der Waals surface area (Å²) in [5, 5.41) is 27.8. The molecular weight excluding hydrogens is 1110 g/mol. The number of benzene rings is 11. The van der Waals surface area contributed by atoms with Crippen LogP contribution >= 0.6 is 0 Å². The van der Waals surface area contributed by atoms with Gasteiger partial charge in [-0.15, -0.1) is 0 Å². The summed E-state index contributed by atoms with van der Waals surface area (Å²) >= 11 is 0. The first-order chi connectivity index (χ1) is 42.4. The monoisotopic (exact) mass is 1160 g/mol. The van der Waals surface area contributed by atoms with Crippen molar-refractivity contribution in [2.75, 3.05) is 9.80 Å². The molecule has 0 aliphatic carbocycles. The molecule has 2 aliphatic rings. The van der Waals surface area contributed by atoms with Crippen LogP contribution in [0.1, 0.15) is 72.2 Å². The third-order valence-electron chi connectivity index (χ3n) is 18.2. The van der Waals surface area contributed by atoms with Gasteiger partial charge in [0.15, 0.2) is 0 Å². The number of nitrogens with zero attached hydrogens (tertiary/aromatic N) is 6. The number of aromatic nitrogens is 2. The number of fused-ring (bicyclic) bond motifs is 10. The summed E-state index contributed by atoms with van der Waals surface area (Å²) in [7, 11) is 0. The Labute approximate surface area is 502 Å². The van der Waals surface area contributed by atoms with E-state index >= 15 is 26.3 Å². The molecule has 15 rings (SSSR count). The summed E-state index contributed by atoms with van der Waals surface area (Å²) in [5.74, 6) is 0. The maximum absolute atomic E-state index is 15.4. The Morgan fingerprint density at radius 1 is 0.341 bits per heavy atom. The number of alkyl halides is 6. The van der Waals surface area contributed by atoms with Crippen molar-refractivity contribution in [1.29, 1.82) is 10.5 Å². The van der Waals surface area contributed by atoms with Crippen molar-refractivity contribution in [2.45, 2.75) is 50.9 Å². The number of hydrogen-bond donors (Lipinski definition) is 0. The largest absolute Gasteiger partial charge is 0.416 e. The molecule has 0 amide bonds. The van der Waals surface area contributed by atoms with Gasteiger partial charge in [0.05, 0.1) is 78.4 Å². The first kappa shape index (κ1) is 53.9. The van der Waals surface area contributed by atoms with E-state index in [2.05, 4.69) is 86.0 Å². The van der Waals surface area contributed by atoms with Crippen LogP contribution in [0.4, 0.5) is 60.5 Å². The van der Waals surface area contributed by atoms with Gasteiger partial charge in [-0.3, -0.25) is 0 Å². The molecule has 0 saturated carbocycles. The van der Waals surface area contributed by atoms with Crippen molar-refractivity contribution in [3.63, 3.8) is 0 Å². The number of anilines is 6. The first-order valence-corrected chi connectivity index (χ1v) is 28.9. The van der Waals surface area contributed by atoms with Gasteiger partial charge in [-0.1, -0.05) is 185 Å². The average Bonchev–Trinajstić information content (AvgIpc) is 0.982. The highest BCUT2D eigenvalue weighted by Gasteiger charge is 2.44. The van der Waals surface area contributed by atoms with Crippen LogP contribution in [0.5, 0.6) is 0 Å². The first-order valence-electron chi connectivity index (χ1n) is 28.9. The number of halogens is 6. The zero-order valence-electron chi connectivity index (χ0n) is 47.9. The minimum Gasteiger partial charge on any atom is -0.309 e. The zero-order chi connectivity index (χ0) is 60.8. The summed E-state index contributed by atoms with van der Waals surface area (Å²) < 4.78 is 95.7. The van der Waals surface area contributed by atoms with Crippen LogP contribution in [0.2, 0.25) is 0 Å². The van der Waals surface area contributed by atoms with E-state index < -0.39 is 34.3 Å². The molecule has 426 valence electrons. The predicted octanol–water partition coefficient (Wildman–Crippen LogP) is 21.2. The number of rotatable bonds is 6. The van der Waals surface area contributed by atoms with Gasteiger partial charge in [0.25, 0.3) is 0 Å². The molecule has 12 heteroatoms. The van der Waals surface area contributed by atoms with Crippen LogP contribution in [0.15, 0.2) is 231 Å². The van der Waals surface area contributed by atoms with E-state index in [0.29, 0.717) is 55.1 Å². The lowest BCUT2D eigenvalue weighted by atomic mass is 9.70. The maximum Gasteiger partial charge on any atom is 0.416 e. The van der Waals surface area contributed by atoms with Crippen LogP contribution in [0.25, 0.3) is 77.2 Å². The third-order valence-corrected chi connectivity index (χ3v) is 18.2. The van der Waals surface area contributed by atoms with Crippen LogP contribution in [0, 0.1) is 22.7 Å². The van der Waals surface area contributed by atoms with Gasteiger partial charge >= 0.3 is 12.4 Å². The van der Waals surface area contributed by atoms with E-state index in [-0.39, 0.29) is 44.7 Å². The standard InChI is InChI=1S/C76H50F6N6/c1-73(2)57-29-13-17-35-63(57)85(47-21-7-5-8-22-47)69-53(27-19-31-59(69)73)67-55(43-83)71(87-61-33-15-11-25-49(61)51-39-37-45(41-65(51)87)75(77,78)79)72(88-62-34-16-12-26-50(62)52-40-38-46(42-66(52)88)76(80,81)82)56(44-84)68(67)54-28-20-32-60-70(54)86(48-23-9-6-10-24-48)64-36-18-14-30-58(64)74(60,3)4/h5-42H,1-4H3. The fourth-order valence-corrected chi connectivity index (χ4v) is 14.3. The second kappa shape index (κ2) is 19.3. The van der Waals surface area contributed by atoms with E-state index in [9.17, 15) is 10.5 Å². The summed E-state index contributed by atoms with van der Waals surface area (Å²) in [4.78, 5) is 4.35. The molecular formula is C76H50F6N6. The van der Waals surface area contributed by atoms with Gasteiger partial charge in [0, 0.05) is 66.0 Å². The Bertz CT molecular complexity index is 4850. The maximum atomic E-state index is 15.4. The van der Waals surface area contributed by atoms with Gasteiger partial charge in [0.2, 0.25) is 0 Å². The van der Waals surface area contributed by atoms with Crippen molar-refractivity contribution >= 4 is 77.7 Å². The average molecular weight is 1160 g/mol. The molecule has 11 aromatic carbocycles. The quantitative estimate of drug-likeness (QED) is 0.156. The van der Waals surface area contributed by atoms with Gasteiger partial charge < -0.3 is 18.9 Å². The molecule has 13 aromatic rings. The van der Waals surface area contributed by atoms with Crippen molar-refractivity contribution in [1.82, 2.24) is 9.13 Å². The molecule has 6 nitrogen and oxygen atoms in total. The summed E-state index contributed by atoms with van der Waals surface area (Å²) in [6.07, 6.45) is -9.67. The van der Waals surface area contributed by atoms with Gasteiger partial charge in [-0.2, -0.15) is 36.9 Å². The number of hydrogen-bond acceptors (Lipinski definition) is 4. The van der Waals surface area contributed by atoms with Crippen LogP contribution in [0.3, 0.4) is 0 Å². The highest BCUT2D eigenvalue weighted by Crippen LogP contribution is 2.61. The normalized spacial score (nSPS) is 14.1. The molecule has 0 atom stereocenters. The number of nitriles is 2. The molecule has 0 bridgehead atoms. The van der Waals surface area contributed by atoms with Crippen molar-refractivity contribution in [2.24, 2.45) is 0 Å². The summed E-state index contributed by atoms with van der Waals surface area (Å²) in [5.41, 5.74) is 7.39. The molecule has 0 unspecified atom stereocenters. The summed E-state index contributed by atoms with van der Waals surface area (Å²) in [6, 6.07) is 74.5. The highest BCUT2D eigenvalue weighted by atomic mass is 19.4. The van der Waals surface area contributed by atoms with E-state index in [0.717, 1.165) is 69.3 Å². The van der Waals surface area contributed by atoms with E-state index in [1.807, 2.05) is 109 Å². The van der Waals surface area contributed by atoms with E-state index in [1.54, 1.807) is 57.7 Å². The van der Waals surface area contributed by atoms with Gasteiger partial charge in [-0.25, -0.2) is 0 Å². The lowest BCUT2D eigenvalue weighted by Gasteiger charge is -2.44. The predicted molar refractivity (Wildman–Crippen MR) is 339 cm³/mol. The van der Waals surface area contributed by atoms with Gasteiger partial charge in [-0.05, 0) is 95.1 Å². The molecule has 88 heavy (non-hydrogen) atoms. The third kappa shape index (κ3) is 7.74. The topological polar surface area (TPSA) is 63.9 Å². The van der Waals surface area contributed by atoms with Gasteiger partial charge in [0.1, 0.15) is 12.1 Å². The van der Waals surface area contributed by atoms with Crippen molar-refractivity contribution < 1.29 is 26.3 Å². The molecule has 0 radical (unpaired) electrons. The molecule has 0 N–H and O–H groups in total. The Kier molecular flexibility index (Phi) is 11.8. The smallest absolute Gasteiger partial charge is 0.309 e. The van der Waals surface area contributed by atoms with Crippen LogP contribution < -0.4 is 9.80 Å². The molecule has 4 heterocycles. The van der Waals surface area contributed by atoms with E-state index in [4.69, 9.17) is 0 Å². The Balaban J connectivity index is 1.24. The Morgan fingerprint density at radius 3 is 1.07 bits per heavy atom.